The molecule has 3 aromatic carbocycles. The summed E-state index contributed by atoms with van der Waals surface area (Å²) < 4.78 is 13.3. The second-order valence-electron chi connectivity index (χ2n) is 7.11. The minimum atomic E-state index is -0.405. The number of methoxy groups -OCH3 is 1. The molecule has 1 amide bonds. The molecule has 0 unspecified atom stereocenters. The highest BCUT2D eigenvalue weighted by Gasteiger charge is 2.14. The molecule has 0 aliphatic carbocycles. The van der Waals surface area contributed by atoms with Crippen LogP contribution in [0.4, 0.5) is 0 Å². The Labute approximate surface area is 215 Å². The van der Waals surface area contributed by atoms with Crippen molar-refractivity contribution in [3.63, 3.8) is 0 Å². The summed E-state index contributed by atoms with van der Waals surface area (Å²) >= 11 is 5.59. The Morgan fingerprint density at radius 3 is 2.52 bits per heavy atom. The lowest BCUT2D eigenvalue weighted by Crippen LogP contribution is -2.26. The Bertz CT molecular complexity index is 1170. The van der Waals surface area contributed by atoms with Gasteiger partial charge < -0.3 is 14.8 Å². The van der Waals surface area contributed by atoms with Crippen LogP contribution < -0.4 is 14.8 Å². The molecule has 0 fully saturated rings. The average Bonchev–Trinajstić information content (AvgIpc) is 2.83. The summed E-state index contributed by atoms with van der Waals surface area (Å²) in [5.74, 6) is 0.744. The Hall–Kier alpha value is -2.83. The molecule has 0 atom stereocenters. The highest BCUT2D eigenvalue weighted by Crippen LogP contribution is 2.35. The van der Waals surface area contributed by atoms with Gasteiger partial charge in [0, 0.05) is 11.0 Å². The molecular formula is C26H22BrIN2O3. The fourth-order valence-electron chi connectivity index (χ4n) is 3.07. The molecule has 0 aliphatic rings. The molecule has 0 aliphatic heterocycles. The standard InChI is InChI=1S/C26H22BrIN2O3/c1-32-24-15-20(14-23(28)25(24)33-17-19-7-9-22(27)10-8-19)13-21(16-29)26(31)30-12-11-18-5-3-2-4-6-18/h2-10,13-15H,11-12,17H2,1H3,(H,30,31)/b21-13+. The molecule has 3 aromatic rings. The first kappa shape index (κ1) is 24.8. The lowest BCUT2D eigenvalue weighted by atomic mass is 10.1. The van der Waals surface area contributed by atoms with Gasteiger partial charge in [0.25, 0.3) is 5.91 Å². The summed E-state index contributed by atoms with van der Waals surface area (Å²) in [6, 6.07) is 23.4. The molecule has 33 heavy (non-hydrogen) atoms. The van der Waals surface area contributed by atoms with Crippen molar-refractivity contribution in [3.8, 4) is 17.6 Å². The van der Waals surface area contributed by atoms with Gasteiger partial charge in [0.1, 0.15) is 18.2 Å². The summed E-state index contributed by atoms with van der Waals surface area (Å²) in [7, 11) is 1.56. The van der Waals surface area contributed by atoms with Gasteiger partial charge in [-0.05, 0) is 76.0 Å². The second-order valence-corrected chi connectivity index (χ2v) is 9.19. The van der Waals surface area contributed by atoms with Crippen LogP contribution in [0, 0.1) is 14.9 Å². The molecule has 1 N–H and O–H groups in total. The van der Waals surface area contributed by atoms with Crippen LogP contribution in [0.15, 0.2) is 76.8 Å². The first-order valence-electron chi connectivity index (χ1n) is 10.2. The van der Waals surface area contributed by atoms with Crippen LogP contribution in [0.5, 0.6) is 11.5 Å². The maximum absolute atomic E-state index is 12.5. The molecule has 0 radical (unpaired) electrons. The van der Waals surface area contributed by atoms with E-state index in [0.29, 0.717) is 36.6 Å². The third kappa shape index (κ3) is 7.34. The summed E-state index contributed by atoms with van der Waals surface area (Å²) in [6.45, 7) is 0.841. The van der Waals surface area contributed by atoms with Crippen molar-refractivity contribution in [2.24, 2.45) is 0 Å². The Kier molecular flexibility index (Phi) is 9.34. The third-order valence-corrected chi connectivity index (χ3v) is 6.10. The molecule has 0 bridgehead atoms. The normalized spacial score (nSPS) is 10.9. The zero-order valence-corrected chi connectivity index (χ0v) is 21.7. The molecule has 0 aromatic heterocycles. The zero-order chi connectivity index (χ0) is 23.6. The minimum absolute atomic E-state index is 0.0319. The highest BCUT2D eigenvalue weighted by molar-refractivity contribution is 14.1. The molecule has 3 rings (SSSR count). The average molecular weight is 617 g/mol. The van der Waals surface area contributed by atoms with E-state index in [-0.39, 0.29) is 5.57 Å². The second kappa shape index (κ2) is 12.4. The molecule has 0 saturated heterocycles. The molecule has 0 heterocycles. The first-order chi connectivity index (χ1) is 16.0. The number of rotatable bonds is 9. The van der Waals surface area contributed by atoms with E-state index < -0.39 is 5.91 Å². The number of benzene rings is 3. The number of carbonyl (C=O) groups is 1. The van der Waals surface area contributed by atoms with Gasteiger partial charge in [-0.25, -0.2) is 0 Å². The lowest BCUT2D eigenvalue weighted by Gasteiger charge is -2.14. The first-order valence-corrected chi connectivity index (χ1v) is 12.1. The van der Waals surface area contributed by atoms with E-state index >= 15 is 0 Å². The van der Waals surface area contributed by atoms with E-state index in [0.717, 1.165) is 19.2 Å². The van der Waals surface area contributed by atoms with Gasteiger partial charge in [0.05, 0.1) is 10.7 Å². The van der Waals surface area contributed by atoms with Crippen LogP contribution in [0.3, 0.4) is 0 Å². The van der Waals surface area contributed by atoms with Gasteiger partial charge in [0.15, 0.2) is 11.5 Å². The quantitative estimate of drug-likeness (QED) is 0.184. The van der Waals surface area contributed by atoms with Crippen LogP contribution in [-0.2, 0) is 17.8 Å². The number of carbonyl (C=O) groups excluding carboxylic acids is 1. The summed E-state index contributed by atoms with van der Waals surface area (Å²) in [5.41, 5.74) is 2.86. The molecule has 0 saturated carbocycles. The van der Waals surface area contributed by atoms with Gasteiger partial charge in [-0.2, -0.15) is 5.26 Å². The monoisotopic (exact) mass is 616 g/mol. The van der Waals surface area contributed by atoms with Crippen LogP contribution in [0.1, 0.15) is 16.7 Å². The lowest BCUT2D eigenvalue weighted by molar-refractivity contribution is -0.117. The number of nitrogens with one attached hydrogen (secondary N) is 1. The van der Waals surface area contributed by atoms with Gasteiger partial charge in [-0.3, -0.25) is 4.79 Å². The predicted molar refractivity (Wildman–Crippen MR) is 141 cm³/mol. The number of hydrogen-bond donors (Lipinski definition) is 1. The maximum atomic E-state index is 12.5. The van der Waals surface area contributed by atoms with Crippen LogP contribution in [0.2, 0.25) is 0 Å². The van der Waals surface area contributed by atoms with Crippen molar-refractivity contribution in [3.05, 3.63) is 97.0 Å². The summed E-state index contributed by atoms with van der Waals surface area (Å²) in [6.07, 6.45) is 2.25. The number of nitrogens with zero attached hydrogens (tertiary/aromatic N) is 1. The molecule has 7 heteroatoms. The Balaban J connectivity index is 1.70. The van der Waals surface area contributed by atoms with Gasteiger partial charge in [-0.15, -0.1) is 0 Å². The van der Waals surface area contributed by atoms with Crippen molar-refractivity contribution in [1.82, 2.24) is 5.32 Å². The van der Waals surface area contributed by atoms with E-state index in [4.69, 9.17) is 9.47 Å². The summed E-state index contributed by atoms with van der Waals surface area (Å²) in [5, 5.41) is 12.3. The van der Waals surface area contributed by atoms with E-state index in [9.17, 15) is 10.1 Å². The number of ether oxygens (including phenoxy) is 2. The molecule has 5 nitrogen and oxygen atoms in total. The van der Waals surface area contributed by atoms with Crippen LogP contribution in [0.25, 0.3) is 6.08 Å². The smallest absolute Gasteiger partial charge is 0.261 e. The van der Waals surface area contributed by atoms with E-state index in [2.05, 4.69) is 43.8 Å². The van der Waals surface area contributed by atoms with E-state index in [1.807, 2.05) is 66.7 Å². The Morgan fingerprint density at radius 2 is 1.85 bits per heavy atom. The van der Waals surface area contributed by atoms with Crippen molar-refractivity contribution in [2.45, 2.75) is 13.0 Å². The summed E-state index contributed by atoms with van der Waals surface area (Å²) in [4.78, 5) is 12.5. The number of amides is 1. The number of hydrogen-bond acceptors (Lipinski definition) is 4. The third-order valence-electron chi connectivity index (χ3n) is 4.77. The fourth-order valence-corrected chi connectivity index (χ4v) is 4.12. The molecule has 0 spiro atoms. The molecule has 168 valence electrons. The predicted octanol–water partition coefficient (Wildman–Crippen LogP) is 5.91. The SMILES string of the molecule is COc1cc(/C=C(\C#N)C(=O)NCCc2ccccc2)cc(I)c1OCc1ccc(Br)cc1. The highest BCUT2D eigenvalue weighted by atomic mass is 127. The van der Waals surface area contributed by atoms with Crippen molar-refractivity contribution >= 4 is 50.5 Å². The maximum Gasteiger partial charge on any atom is 0.261 e. The van der Waals surface area contributed by atoms with Crippen molar-refractivity contribution in [1.29, 1.82) is 5.26 Å². The molecular weight excluding hydrogens is 595 g/mol. The van der Waals surface area contributed by atoms with Crippen molar-refractivity contribution in [2.75, 3.05) is 13.7 Å². The topological polar surface area (TPSA) is 71.3 Å². The van der Waals surface area contributed by atoms with E-state index in [1.54, 1.807) is 19.3 Å². The van der Waals surface area contributed by atoms with Gasteiger partial charge in [-0.1, -0.05) is 58.4 Å². The number of nitriles is 1. The van der Waals surface area contributed by atoms with Crippen LogP contribution >= 0.6 is 38.5 Å². The largest absolute Gasteiger partial charge is 0.493 e. The van der Waals surface area contributed by atoms with Gasteiger partial charge >= 0.3 is 0 Å². The van der Waals surface area contributed by atoms with E-state index in [1.165, 1.54) is 0 Å². The Morgan fingerprint density at radius 1 is 1.12 bits per heavy atom. The van der Waals surface area contributed by atoms with Crippen molar-refractivity contribution < 1.29 is 14.3 Å². The fraction of sp³-hybridized carbons (Fsp3) is 0.154. The van der Waals surface area contributed by atoms with Crippen LogP contribution in [-0.4, -0.2) is 19.6 Å². The minimum Gasteiger partial charge on any atom is -0.493 e. The zero-order valence-electron chi connectivity index (χ0n) is 18.0. The van der Waals surface area contributed by atoms with Gasteiger partial charge in [0.2, 0.25) is 0 Å². The number of halogens is 2.